The lowest BCUT2D eigenvalue weighted by Gasteiger charge is -2.29. The Hall–Kier alpha value is -2.53. The van der Waals surface area contributed by atoms with Crippen molar-refractivity contribution in [1.29, 1.82) is 0 Å². The SMILES string of the molecule is NCCCC[C@H](N[C@@H](CCc1ccccc1)C(=O)O)C(=O)N1CCC[C@@H]1C(=O)O.O.O. The molecular weight excluding hydrogens is 406 g/mol. The van der Waals surface area contributed by atoms with Gasteiger partial charge in [0.05, 0.1) is 6.04 Å². The average molecular weight is 442 g/mol. The molecule has 10 heteroatoms. The van der Waals surface area contributed by atoms with Gasteiger partial charge in [0.25, 0.3) is 0 Å². The van der Waals surface area contributed by atoms with Crippen LogP contribution in [0, 0.1) is 0 Å². The fourth-order valence-corrected chi connectivity index (χ4v) is 3.73. The number of nitrogens with zero attached hydrogens (tertiary/aromatic N) is 1. The minimum absolute atomic E-state index is 0. The first-order chi connectivity index (χ1) is 13.9. The fourth-order valence-electron chi connectivity index (χ4n) is 3.73. The number of carbonyl (C=O) groups is 3. The van der Waals surface area contributed by atoms with Gasteiger partial charge in [-0.1, -0.05) is 36.8 Å². The monoisotopic (exact) mass is 441 g/mol. The number of carbonyl (C=O) groups excluding carboxylic acids is 1. The largest absolute Gasteiger partial charge is 0.480 e. The Morgan fingerprint density at radius 3 is 2.32 bits per heavy atom. The standard InChI is InChI=1S/C21H31N3O5.2H2O/c22-13-5-4-9-16(19(25)24-14-6-10-18(24)21(28)29)23-17(20(26)27)12-11-15-7-2-1-3-8-15;;/h1-3,7-8,16-18,23H,4-6,9-14,22H2,(H,26,27)(H,28,29);2*1H2/t16-,17-,18+;;/m0../s1. The van der Waals surface area contributed by atoms with Crippen LogP contribution in [0.25, 0.3) is 0 Å². The van der Waals surface area contributed by atoms with Gasteiger partial charge in [-0.3, -0.25) is 14.9 Å². The molecule has 0 radical (unpaired) electrons. The molecule has 1 saturated heterocycles. The number of nitrogens with one attached hydrogen (secondary N) is 1. The lowest BCUT2D eigenvalue weighted by Crippen LogP contribution is -2.54. The molecule has 0 unspecified atom stereocenters. The molecule has 0 saturated carbocycles. The summed E-state index contributed by atoms with van der Waals surface area (Å²) >= 11 is 0. The van der Waals surface area contributed by atoms with E-state index in [1.165, 1.54) is 4.90 Å². The van der Waals surface area contributed by atoms with Crippen molar-refractivity contribution in [2.45, 2.75) is 63.1 Å². The van der Waals surface area contributed by atoms with Gasteiger partial charge in [0.1, 0.15) is 12.1 Å². The van der Waals surface area contributed by atoms with Gasteiger partial charge in [-0.15, -0.1) is 0 Å². The van der Waals surface area contributed by atoms with Crippen molar-refractivity contribution >= 4 is 17.8 Å². The number of aryl methyl sites for hydroxylation is 1. The minimum Gasteiger partial charge on any atom is -0.480 e. The van der Waals surface area contributed by atoms with E-state index in [0.29, 0.717) is 51.6 Å². The average Bonchev–Trinajstić information content (AvgIpc) is 3.20. The normalized spacial score (nSPS) is 17.2. The van der Waals surface area contributed by atoms with Crippen LogP contribution in [0.2, 0.25) is 0 Å². The maximum Gasteiger partial charge on any atom is 0.326 e. The summed E-state index contributed by atoms with van der Waals surface area (Å²) < 4.78 is 0. The number of carboxylic acid groups (broad SMARTS) is 2. The van der Waals surface area contributed by atoms with Gasteiger partial charge in [0.15, 0.2) is 0 Å². The Bertz CT molecular complexity index is 687. The smallest absolute Gasteiger partial charge is 0.326 e. The molecule has 0 aromatic heterocycles. The molecule has 31 heavy (non-hydrogen) atoms. The molecule has 10 nitrogen and oxygen atoms in total. The van der Waals surface area contributed by atoms with Crippen LogP contribution in [0.1, 0.15) is 44.1 Å². The summed E-state index contributed by atoms with van der Waals surface area (Å²) in [5, 5.41) is 22.0. The molecule has 1 amide bonds. The molecule has 9 N–H and O–H groups in total. The number of unbranched alkanes of at least 4 members (excludes halogenated alkanes) is 1. The second-order valence-corrected chi connectivity index (χ2v) is 7.45. The van der Waals surface area contributed by atoms with E-state index in [0.717, 1.165) is 12.0 Å². The highest BCUT2D eigenvalue weighted by Gasteiger charge is 2.38. The topological polar surface area (TPSA) is 196 Å². The zero-order chi connectivity index (χ0) is 21.2. The molecule has 1 heterocycles. The van der Waals surface area contributed by atoms with Crippen LogP contribution in [-0.2, 0) is 20.8 Å². The van der Waals surface area contributed by atoms with E-state index in [-0.39, 0.29) is 16.9 Å². The molecule has 0 spiro atoms. The highest BCUT2D eigenvalue weighted by atomic mass is 16.4. The summed E-state index contributed by atoms with van der Waals surface area (Å²) in [6, 6.07) is 7.10. The van der Waals surface area contributed by atoms with Crippen molar-refractivity contribution < 1.29 is 35.5 Å². The minimum atomic E-state index is -1.02. The van der Waals surface area contributed by atoms with Crippen molar-refractivity contribution in [3.05, 3.63) is 35.9 Å². The zero-order valence-electron chi connectivity index (χ0n) is 17.6. The van der Waals surface area contributed by atoms with Gasteiger partial charge in [0.2, 0.25) is 5.91 Å². The number of likely N-dealkylation sites (tertiary alicyclic amines) is 1. The number of rotatable bonds is 12. The van der Waals surface area contributed by atoms with Gasteiger partial charge in [-0.25, -0.2) is 4.79 Å². The molecule has 1 aromatic rings. The van der Waals surface area contributed by atoms with Crippen LogP contribution in [-0.4, -0.2) is 75.1 Å². The highest BCUT2D eigenvalue weighted by molar-refractivity contribution is 5.88. The van der Waals surface area contributed by atoms with Crippen LogP contribution in [0.3, 0.4) is 0 Å². The van der Waals surface area contributed by atoms with Crippen LogP contribution in [0.15, 0.2) is 30.3 Å². The third kappa shape index (κ3) is 8.62. The van der Waals surface area contributed by atoms with Crippen molar-refractivity contribution in [1.82, 2.24) is 10.2 Å². The maximum absolute atomic E-state index is 13.1. The number of hydrogen-bond donors (Lipinski definition) is 4. The lowest BCUT2D eigenvalue weighted by atomic mass is 10.0. The second-order valence-electron chi connectivity index (χ2n) is 7.45. The van der Waals surface area contributed by atoms with Gasteiger partial charge in [0, 0.05) is 6.54 Å². The second kappa shape index (κ2) is 14.5. The van der Waals surface area contributed by atoms with E-state index in [9.17, 15) is 24.6 Å². The third-order valence-electron chi connectivity index (χ3n) is 5.33. The first-order valence-electron chi connectivity index (χ1n) is 10.2. The third-order valence-corrected chi connectivity index (χ3v) is 5.33. The number of nitrogens with two attached hydrogens (primary N) is 1. The van der Waals surface area contributed by atoms with Crippen LogP contribution >= 0.6 is 0 Å². The number of benzene rings is 1. The van der Waals surface area contributed by atoms with Gasteiger partial charge in [-0.2, -0.15) is 0 Å². The van der Waals surface area contributed by atoms with E-state index in [1.807, 2.05) is 30.3 Å². The molecule has 0 bridgehead atoms. The van der Waals surface area contributed by atoms with Crippen molar-refractivity contribution in [3.8, 4) is 0 Å². The summed E-state index contributed by atoms with van der Waals surface area (Å²) in [4.78, 5) is 37.7. The summed E-state index contributed by atoms with van der Waals surface area (Å²) in [6.07, 6.45) is 3.76. The van der Waals surface area contributed by atoms with Crippen molar-refractivity contribution in [2.24, 2.45) is 5.73 Å². The van der Waals surface area contributed by atoms with E-state index in [2.05, 4.69) is 5.32 Å². The molecule has 2 rings (SSSR count). The molecule has 0 aliphatic carbocycles. The first-order valence-corrected chi connectivity index (χ1v) is 10.2. The van der Waals surface area contributed by atoms with Crippen molar-refractivity contribution in [2.75, 3.05) is 13.1 Å². The molecule has 1 aliphatic rings. The van der Waals surface area contributed by atoms with Gasteiger partial charge in [-0.05, 0) is 50.6 Å². The Balaban J connectivity index is 0.00000450. The Kier molecular flexibility index (Phi) is 13.3. The van der Waals surface area contributed by atoms with Crippen LogP contribution in [0.4, 0.5) is 0 Å². The van der Waals surface area contributed by atoms with Crippen LogP contribution < -0.4 is 11.1 Å². The predicted molar refractivity (Wildman–Crippen MR) is 116 cm³/mol. The number of amides is 1. The Morgan fingerprint density at radius 1 is 1.06 bits per heavy atom. The van der Waals surface area contributed by atoms with E-state index in [1.54, 1.807) is 0 Å². The summed E-state index contributed by atoms with van der Waals surface area (Å²) in [7, 11) is 0. The van der Waals surface area contributed by atoms with Crippen LogP contribution in [0.5, 0.6) is 0 Å². The van der Waals surface area contributed by atoms with Crippen molar-refractivity contribution in [3.63, 3.8) is 0 Å². The quantitative estimate of drug-likeness (QED) is 0.316. The highest BCUT2D eigenvalue weighted by Crippen LogP contribution is 2.20. The Morgan fingerprint density at radius 2 is 1.74 bits per heavy atom. The molecule has 3 atom stereocenters. The summed E-state index contributed by atoms with van der Waals surface area (Å²) in [5.41, 5.74) is 6.57. The first kappa shape index (κ1) is 28.5. The Labute approximate surface area is 182 Å². The predicted octanol–water partition coefficient (Wildman–Crippen LogP) is -0.414. The van der Waals surface area contributed by atoms with Gasteiger partial charge >= 0.3 is 11.9 Å². The fraction of sp³-hybridized carbons (Fsp3) is 0.571. The van der Waals surface area contributed by atoms with Gasteiger partial charge < -0.3 is 31.8 Å². The molecule has 176 valence electrons. The molecule has 1 aromatic carbocycles. The number of hydrogen-bond acceptors (Lipinski definition) is 5. The van der Waals surface area contributed by atoms with E-state index >= 15 is 0 Å². The van der Waals surface area contributed by atoms with E-state index < -0.39 is 30.1 Å². The molecule has 1 aliphatic heterocycles. The number of aliphatic carboxylic acids is 2. The number of carboxylic acids is 2. The molecular formula is C21H35N3O7. The summed E-state index contributed by atoms with van der Waals surface area (Å²) in [5.74, 6) is -2.37. The lowest BCUT2D eigenvalue weighted by molar-refractivity contribution is -0.149. The maximum atomic E-state index is 13.1. The summed E-state index contributed by atoms with van der Waals surface area (Å²) in [6.45, 7) is 0.866. The van der Waals surface area contributed by atoms with E-state index in [4.69, 9.17) is 5.73 Å². The zero-order valence-corrected chi connectivity index (χ0v) is 17.6. The molecule has 1 fully saturated rings.